The Balaban J connectivity index is 1.63. The van der Waals surface area contributed by atoms with Gasteiger partial charge in [0, 0.05) is 31.6 Å². The van der Waals surface area contributed by atoms with Gasteiger partial charge in [-0.2, -0.15) is 5.26 Å². The average Bonchev–Trinajstić information content (AvgIpc) is 3.14. The average molecular weight is 339 g/mol. The molecule has 1 saturated heterocycles. The zero-order valence-corrected chi connectivity index (χ0v) is 13.9. The summed E-state index contributed by atoms with van der Waals surface area (Å²) >= 11 is 0. The fourth-order valence-corrected chi connectivity index (χ4v) is 3.00. The maximum atomic E-state index is 12.1. The highest BCUT2D eigenvalue weighted by Crippen LogP contribution is 2.26. The number of aryl methyl sites for hydroxylation is 1. The first-order chi connectivity index (χ1) is 12.2. The lowest BCUT2D eigenvalue weighted by Gasteiger charge is -2.32. The van der Waals surface area contributed by atoms with E-state index in [4.69, 9.17) is 4.42 Å². The lowest BCUT2D eigenvalue weighted by Crippen LogP contribution is -2.36. The molecule has 0 unspecified atom stereocenters. The number of anilines is 2. The largest absolute Gasteiger partial charge is 0.469 e. The second-order valence-corrected chi connectivity index (χ2v) is 6.19. The van der Waals surface area contributed by atoms with Gasteiger partial charge in [0.25, 0.3) is 0 Å². The Kier molecular flexibility index (Phi) is 5.36. The number of hydrogen-bond donors (Lipinski definition) is 2. The molecule has 0 radical (unpaired) electrons. The van der Waals surface area contributed by atoms with Crippen molar-refractivity contribution in [2.45, 2.75) is 31.8 Å². The van der Waals surface area contributed by atoms with E-state index in [1.54, 1.807) is 18.4 Å². The molecule has 1 aromatic heterocycles. The summed E-state index contributed by atoms with van der Waals surface area (Å²) in [4.78, 5) is 14.2. The number of piperidine rings is 1. The lowest BCUT2D eigenvalue weighted by molar-refractivity contribution is -0.116. The van der Waals surface area contributed by atoms with Gasteiger partial charge in [-0.3, -0.25) is 4.79 Å². The molecule has 0 aliphatic carbocycles. The molecule has 0 saturated carbocycles. The molecule has 1 aliphatic heterocycles. The SMILES string of the molecule is N#Cc1cc(NC(=O)CCc2ccco2)ccc1N1CCC(O)CC1. The van der Waals surface area contributed by atoms with Crippen LogP contribution in [0.25, 0.3) is 0 Å². The van der Waals surface area contributed by atoms with E-state index < -0.39 is 0 Å². The van der Waals surface area contributed by atoms with E-state index in [2.05, 4.69) is 16.3 Å². The molecule has 25 heavy (non-hydrogen) atoms. The van der Waals surface area contributed by atoms with Gasteiger partial charge in [0.1, 0.15) is 11.8 Å². The van der Waals surface area contributed by atoms with E-state index in [0.29, 0.717) is 36.9 Å². The van der Waals surface area contributed by atoms with Crippen LogP contribution < -0.4 is 10.2 Å². The van der Waals surface area contributed by atoms with Gasteiger partial charge in [-0.05, 0) is 43.2 Å². The van der Waals surface area contributed by atoms with E-state index in [1.165, 1.54) is 0 Å². The predicted molar refractivity (Wildman–Crippen MR) is 94.3 cm³/mol. The summed E-state index contributed by atoms with van der Waals surface area (Å²) in [6.45, 7) is 1.45. The van der Waals surface area contributed by atoms with Crippen molar-refractivity contribution in [3.05, 3.63) is 47.9 Å². The fourth-order valence-electron chi connectivity index (χ4n) is 3.00. The van der Waals surface area contributed by atoms with Gasteiger partial charge in [-0.25, -0.2) is 0 Å². The van der Waals surface area contributed by atoms with E-state index >= 15 is 0 Å². The number of hydrogen-bond acceptors (Lipinski definition) is 5. The molecule has 1 aliphatic rings. The summed E-state index contributed by atoms with van der Waals surface area (Å²) in [6.07, 6.45) is 3.60. The molecule has 2 N–H and O–H groups in total. The molecule has 3 rings (SSSR count). The smallest absolute Gasteiger partial charge is 0.224 e. The predicted octanol–water partition coefficient (Wildman–Crippen LogP) is 2.68. The van der Waals surface area contributed by atoms with Crippen LogP contribution in [0.4, 0.5) is 11.4 Å². The van der Waals surface area contributed by atoms with Gasteiger partial charge >= 0.3 is 0 Å². The number of carbonyl (C=O) groups excluding carboxylic acids is 1. The third-order valence-electron chi connectivity index (χ3n) is 4.38. The number of furan rings is 1. The quantitative estimate of drug-likeness (QED) is 0.874. The molecule has 0 bridgehead atoms. The highest BCUT2D eigenvalue weighted by atomic mass is 16.3. The molecule has 130 valence electrons. The van der Waals surface area contributed by atoms with Crippen molar-refractivity contribution in [3.8, 4) is 6.07 Å². The van der Waals surface area contributed by atoms with Crippen molar-refractivity contribution in [3.63, 3.8) is 0 Å². The Morgan fingerprint density at radius 3 is 2.84 bits per heavy atom. The lowest BCUT2D eigenvalue weighted by atomic mass is 10.0. The summed E-state index contributed by atoms with van der Waals surface area (Å²) in [6, 6.07) is 11.2. The number of nitrogens with zero attached hydrogens (tertiary/aromatic N) is 2. The normalized spacial score (nSPS) is 15.0. The van der Waals surface area contributed by atoms with Crippen LogP contribution in [0.15, 0.2) is 41.0 Å². The van der Waals surface area contributed by atoms with Crippen molar-refractivity contribution in [2.24, 2.45) is 0 Å². The van der Waals surface area contributed by atoms with E-state index in [1.807, 2.05) is 18.2 Å². The van der Waals surface area contributed by atoms with Crippen molar-refractivity contribution < 1.29 is 14.3 Å². The first-order valence-electron chi connectivity index (χ1n) is 8.45. The van der Waals surface area contributed by atoms with Gasteiger partial charge in [0.2, 0.25) is 5.91 Å². The van der Waals surface area contributed by atoms with E-state index in [0.717, 1.165) is 24.5 Å². The molecule has 0 spiro atoms. The topological polar surface area (TPSA) is 89.5 Å². The van der Waals surface area contributed by atoms with Crippen LogP contribution in [0.2, 0.25) is 0 Å². The minimum absolute atomic E-state index is 0.117. The summed E-state index contributed by atoms with van der Waals surface area (Å²) in [5.74, 6) is 0.657. The zero-order chi connectivity index (χ0) is 17.6. The number of aliphatic hydroxyl groups excluding tert-OH is 1. The Hall–Kier alpha value is -2.78. The highest BCUT2D eigenvalue weighted by Gasteiger charge is 2.19. The first kappa shape index (κ1) is 17.1. The second kappa shape index (κ2) is 7.86. The van der Waals surface area contributed by atoms with Crippen LogP contribution in [0.5, 0.6) is 0 Å². The third kappa shape index (κ3) is 4.40. The number of rotatable bonds is 5. The number of benzene rings is 1. The monoisotopic (exact) mass is 339 g/mol. The fraction of sp³-hybridized carbons (Fsp3) is 0.368. The highest BCUT2D eigenvalue weighted by molar-refractivity contribution is 5.91. The maximum absolute atomic E-state index is 12.1. The van der Waals surface area contributed by atoms with Crippen LogP contribution in [-0.2, 0) is 11.2 Å². The Labute approximate surface area is 146 Å². The second-order valence-electron chi connectivity index (χ2n) is 6.19. The molecular weight excluding hydrogens is 318 g/mol. The van der Waals surface area contributed by atoms with Crippen molar-refractivity contribution in [1.29, 1.82) is 5.26 Å². The first-order valence-corrected chi connectivity index (χ1v) is 8.45. The van der Waals surface area contributed by atoms with Crippen LogP contribution in [0, 0.1) is 11.3 Å². The standard InChI is InChI=1S/C19H21N3O3/c20-13-14-12-15(21-19(24)6-4-17-2-1-11-25-17)3-5-18(14)22-9-7-16(23)8-10-22/h1-3,5,11-12,16,23H,4,6-10H2,(H,21,24). The number of carbonyl (C=O) groups is 1. The molecule has 2 heterocycles. The summed E-state index contributed by atoms with van der Waals surface area (Å²) in [7, 11) is 0. The zero-order valence-electron chi connectivity index (χ0n) is 13.9. The van der Waals surface area contributed by atoms with E-state index in [9.17, 15) is 15.2 Å². The van der Waals surface area contributed by atoms with Crippen molar-refractivity contribution in [2.75, 3.05) is 23.3 Å². The van der Waals surface area contributed by atoms with Crippen molar-refractivity contribution in [1.82, 2.24) is 0 Å². The minimum atomic E-state index is -0.255. The molecular formula is C19H21N3O3. The Morgan fingerprint density at radius 1 is 1.36 bits per heavy atom. The van der Waals surface area contributed by atoms with Gasteiger partial charge in [0.05, 0.1) is 23.6 Å². The van der Waals surface area contributed by atoms with Gasteiger partial charge in [-0.1, -0.05) is 0 Å². The Bertz CT molecular complexity index is 757. The van der Waals surface area contributed by atoms with Crippen LogP contribution in [0.1, 0.15) is 30.6 Å². The van der Waals surface area contributed by atoms with Crippen LogP contribution in [0.3, 0.4) is 0 Å². The Morgan fingerprint density at radius 2 is 2.16 bits per heavy atom. The number of nitrogens with one attached hydrogen (secondary N) is 1. The van der Waals surface area contributed by atoms with Gasteiger partial charge in [0.15, 0.2) is 0 Å². The number of aliphatic hydroxyl groups is 1. The number of amides is 1. The van der Waals surface area contributed by atoms with Gasteiger partial charge < -0.3 is 19.7 Å². The third-order valence-corrected chi connectivity index (χ3v) is 4.38. The van der Waals surface area contributed by atoms with Crippen LogP contribution in [-0.4, -0.2) is 30.2 Å². The molecule has 1 fully saturated rings. The number of nitriles is 1. The molecule has 6 heteroatoms. The summed E-state index contributed by atoms with van der Waals surface area (Å²) in [5, 5.41) is 21.9. The maximum Gasteiger partial charge on any atom is 0.224 e. The summed E-state index contributed by atoms with van der Waals surface area (Å²) in [5.41, 5.74) is 1.99. The van der Waals surface area contributed by atoms with Crippen molar-refractivity contribution >= 4 is 17.3 Å². The molecule has 0 atom stereocenters. The summed E-state index contributed by atoms with van der Waals surface area (Å²) < 4.78 is 5.21. The molecule has 2 aromatic rings. The van der Waals surface area contributed by atoms with Gasteiger partial charge in [-0.15, -0.1) is 0 Å². The molecule has 1 amide bonds. The molecule has 6 nitrogen and oxygen atoms in total. The van der Waals surface area contributed by atoms with Crippen LogP contribution >= 0.6 is 0 Å². The minimum Gasteiger partial charge on any atom is -0.469 e. The molecule has 1 aromatic carbocycles. The van der Waals surface area contributed by atoms with E-state index in [-0.39, 0.29) is 12.0 Å².